The number of carbonyl (C=O) groups is 1. The van der Waals surface area contributed by atoms with Crippen LogP contribution in [0.5, 0.6) is 0 Å². The topological polar surface area (TPSA) is 59.4 Å². The second-order valence-corrected chi connectivity index (χ2v) is 8.41. The third kappa shape index (κ3) is 3.93. The maximum Gasteiger partial charge on any atom is 0.242 e. The predicted molar refractivity (Wildman–Crippen MR) is 93.2 cm³/mol. The van der Waals surface area contributed by atoms with Gasteiger partial charge in [0, 0.05) is 35.9 Å². The van der Waals surface area contributed by atoms with E-state index in [4.69, 9.17) is 0 Å². The Morgan fingerprint density at radius 2 is 1.96 bits per heavy atom. The van der Waals surface area contributed by atoms with Crippen LogP contribution >= 0.6 is 0 Å². The molecule has 1 atom stereocenters. The Morgan fingerprint density at radius 1 is 1.30 bits per heavy atom. The van der Waals surface area contributed by atoms with Crippen molar-refractivity contribution in [2.45, 2.75) is 33.4 Å². The maximum atomic E-state index is 12.5. The van der Waals surface area contributed by atoms with E-state index in [-0.39, 0.29) is 30.0 Å². The number of nitrogens with zero attached hydrogens (tertiary/aromatic N) is 2. The van der Waals surface area contributed by atoms with Gasteiger partial charge in [-0.25, -0.2) is 8.42 Å². The molecular formula is C17H24N2O3S. The summed E-state index contributed by atoms with van der Waals surface area (Å²) < 4.78 is 25.4. The van der Waals surface area contributed by atoms with E-state index in [1.165, 1.54) is 4.90 Å². The molecule has 0 aliphatic rings. The third-order valence-corrected chi connectivity index (χ3v) is 6.15. The molecule has 0 aliphatic carbocycles. The van der Waals surface area contributed by atoms with E-state index in [0.717, 1.165) is 16.5 Å². The van der Waals surface area contributed by atoms with Gasteiger partial charge in [0.25, 0.3) is 0 Å². The molecule has 0 fully saturated rings. The fourth-order valence-electron chi connectivity index (χ4n) is 2.66. The minimum Gasteiger partial charge on any atom is -0.340 e. The zero-order chi connectivity index (χ0) is 17.2. The van der Waals surface area contributed by atoms with Crippen LogP contribution in [0.25, 0.3) is 10.9 Å². The summed E-state index contributed by atoms with van der Waals surface area (Å²) in [4.78, 5) is 14.0. The number of aromatic nitrogens is 1. The van der Waals surface area contributed by atoms with Crippen molar-refractivity contribution in [3.63, 3.8) is 0 Å². The Bertz CT molecular complexity index is 808. The van der Waals surface area contributed by atoms with Crippen LogP contribution in [0.1, 0.15) is 19.4 Å². The lowest BCUT2D eigenvalue weighted by molar-refractivity contribution is -0.131. The molecule has 0 N–H and O–H groups in total. The number of sulfone groups is 1. The lowest BCUT2D eigenvalue weighted by atomic mass is 10.2. The minimum atomic E-state index is -3.10. The molecule has 0 spiro atoms. The smallest absolute Gasteiger partial charge is 0.242 e. The number of hydrogen-bond acceptors (Lipinski definition) is 3. The van der Waals surface area contributed by atoms with Gasteiger partial charge < -0.3 is 9.47 Å². The van der Waals surface area contributed by atoms with Gasteiger partial charge in [-0.3, -0.25) is 4.79 Å². The molecule has 1 aromatic carbocycles. The van der Waals surface area contributed by atoms with Crippen LogP contribution < -0.4 is 0 Å². The second-order valence-electron chi connectivity index (χ2n) is 6.01. The summed E-state index contributed by atoms with van der Waals surface area (Å²) in [6.07, 6.45) is 1.96. The van der Waals surface area contributed by atoms with Crippen LogP contribution in [0.2, 0.25) is 0 Å². The van der Waals surface area contributed by atoms with Crippen LogP contribution in [-0.2, 0) is 21.2 Å². The monoisotopic (exact) mass is 336 g/mol. The van der Waals surface area contributed by atoms with Crippen molar-refractivity contribution in [3.05, 3.63) is 36.0 Å². The fourth-order valence-corrected chi connectivity index (χ4v) is 3.86. The van der Waals surface area contributed by atoms with Gasteiger partial charge >= 0.3 is 0 Å². The van der Waals surface area contributed by atoms with E-state index >= 15 is 0 Å². The van der Waals surface area contributed by atoms with Crippen LogP contribution in [0, 0.1) is 6.92 Å². The molecule has 1 aromatic heterocycles. The first-order valence-electron chi connectivity index (χ1n) is 7.75. The standard InChI is InChI=1S/C17H24N2O3S/c1-5-23(21,22)12-14(3)18(4)17(20)11-19-10-13(2)15-8-6-7-9-16(15)19/h6-10,14H,5,11-12H2,1-4H3. The molecule has 1 unspecified atom stereocenters. The summed E-state index contributed by atoms with van der Waals surface area (Å²) in [5.74, 6) is 0.00223. The van der Waals surface area contributed by atoms with Crippen LogP contribution in [0.4, 0.5) is 0 Å². The van der Waals surface area contributed by atoms with Crippen molar-refractivity contribution < 1.29 is 13.2 Å². The van der Waals surface area contributed by atoms with E-state index in [9.17, 15) is 13.2 Å². The first-order valence-corrected chi connectivity index (χ1v) is 9.58. The number of benzene rings is 1. The Morgan fingerprint density at radius 3 is 2.61 bits per heavy atom. The highest BCUT2D eigenvalue weighted by atomic mass is 32.2. The van der Waals surface area contributed by atoms with Gasteiger partial charge in [-0.05, 0) is 25.5 Å². The van der Waals surface area contributed by atoms with E-state index in [1.54, 1.807) is 20.9 Å². The molecule has 1 heterocycles. The van der Waals surface area contributed by atoms with Gasteiger partial charge in [-0.2, -0.15) is 0 Å². The fraction of sp³-hybridized carbons (Fsp3) is 0.471. The van der Waals surface area contributed by atoms with Crippen molar-refractivity contribution in [2.24, 2.45) is 0 Å². The zero-order valence-corrected chi connectivity index (χ0v) is 14.9. The number of para-hydroxylation sites is 1. The molecule has 1 amide bonds. The lowest BCUT2D eigenvalue weighted by Crippen LogP contribution is -2.41. The summed E-state index contributed by atoms with van der Waals surface area (Å²) in [5, 5.41) is 1.13. The number of rotatable bonds is 6. The zero-order valence-electron chi connectivity index (χ0n) is 14.1. The molecule has 126 valence electrons. The molecule has 0 saturated carbocycles. The van der Waals surface area contributed by atoms with Gasteiger partial charge in [0.15, 0.2) is 9.84 Å². The highest BCUT2D eigenvalue weighted by Crippen LogP contribution is 2.20. The van der Waals surface area contributed by atoms with Gasteiger partial charge in [0.05, 0.1) is 5.75 Å². The van der Waals surface area contributed by atoms with Crippen LogP contribution in [0.3, 0.4) is 0 Å². The van der Waals surface area contributed by atoms with Gasteiger partial charge in [0.1, 0.15) is 6.54 Å². The maximum absolute atomic E-state index is 12.5. The number of hydrogen-bond donors (Lipinski definition) is 0. The quantitative estimate of drug-likeness (QED) is 0.813. The average molecular weight is 336 g/mol. The average Bonchev–Trinajstić information content (AvgIpc) is 2.83. The molecular weight excluding hydrogens is 312 g/mol. The summed E-state index contributed by atoms with van der Waals surface area (Å²) in [7, 11) is -1.44. The Hall–Kier alpha value is -1.82. The molecule has 23 heavy (non-hydrogen) atoms. The van der Waals surface area contributed by atoms with Crippen molar-refractivity contribution in [2.75, 3.05) is 18.6 Å². The minimum absolute atomic E-state index is 0.00278. The molecule has 0 saturated heterocycles. The number of likely N-dealkylation sites (N-methyl/N-ethyl adjacent to an activating group) is 1. The summed E-state index contributed by atoms with van der Waals surface area (Å²) >= 11 is 0. The SMILES string of the molecule is CCS(=O)(=O)CC(C)N(C)C(=O)Cn1cc(C)c2ccccc21. The van der Waals surface area contributed by atoms with Gasteiger partial charge in [-0.1, -0.05) is 25.1 Å². The predicted octanol–water partition coefficient (Wildman–Crippen LogP) is 2.23. The third-order valence-electron chi connectivity index (χ3n) is 4.28. The van der Waals surface area contributed by atoms with Crippen molar-refractivity contribution in [1.82, 2.24) is 9.47 Å². The van der Waals surface area contributed by atoms with Crippen molar-refractivity contribution >= 4 is 26.6 Å². The highest BCUT2D eigenvalue weighted by molar-refractivity contribution is 7.91. The van der Waals surface area contributed by atoms with Gasteiger partial charge in [-0.15, -0.1) is 0 Å². The largest absolute Gasteiger partial charge is 0.340 e. The first-order chi connectivity index (χ1) is 10.7. The van der Waals surface area contributed by atoms with Crippen LogP contribution in [-0.4, -0.2) is 48.4 Å². The van der Waals surface area contributed by atoms with E-state index in [0.29, 0.717) is 0 Å². The Kier molecular flexibility index (Phi) is 5.14. The van der Waals surface area contributed by atoms with Gasteiger partial charge in [0.2, 0.25) is 5.91 Å². The molecule has 0 radical (unpaired) electrons. The number of amides is 1. The first kappa shape index (κ1) is 17.5. The van der Waals surface area contributed by atoms with E-state index < -0.39 is 9.84 Å². The normalized spacial score (nSPS) is 13.2. The molecule has 0 bridgehead atoms. The number of aryl methyl sites for hydroxylation is 1. The number of carbonyl (C=O) groups excluding carboxylic acids is 1. The molecule has 2 aromatic rings. The van der Waals surface area contributed by atoms with Crippen LogP contribution in [0.15, 0.2) is 30.5 Å². The Labute approximate surface area is 137 Å². The summed E-state index contributed by atoms with van der Waals surface area (Å²) in [6, 6.07) is 7.61. The van der Waals surface area contributed by atoms with E-state index in [1.807, 2.05) is 42.0 Å². The number of fused-ring (bicyclic) bond motifs is 1. The summed E-state index contributed by atoms with van der Waals surface area (Å²) in [6.45, 7) is 5.62. The second kappa shape index (κ2) is 6.74. The molecule has 5 nitrogen and oxygen atoms in total. The van der Waals surface area contributed by atoms with Crippen molar-refractivity contribution in [1.29, 1.82) is 0 Å². The lowest BCUT2D eigenvalue weighted by Gasteiger charge is -2.25. The molecule has 2 rings (SSSR count). The highest BCUT2D eigenvalue weighted by Gasteiger charge is 2.21. The van der Waals surface area contributed by atoms with Crippen molar-refractivity contribution in [3.8, 4) is 0 Å². The van der Waals surface area contributed by atoms with E-state index in [2.05, 4.69) is 0 Å². The molecule has 6 heteroatoms. The molecule has 0 aliphatic heterocycles. The summed E-state index contributed by atoms with van der Waals surface area (Å²) in [5.41, 5.74) is 2.14. The Balaban J connectivity index is 2.14.